The van der Waals surface area contributed by atoms with Gasteiger partial charge in [0.05, 0.1) is 32.6 Å². The second-order valence-electron chi connectivity index (χ2n) is 3.84. The van der Waals surface area contributed by atoms with E-state index in [1.54, 1.807) is 0 Å². The van der Waals surface area contributed by atoms with Crippen molar-refractivity contribution in [1.82, 2.24) is 0 Å². The van der Waals surface area contributed by atoms with Gasteiger partial charge in [0.1, 0.15) is 0 Å². The van der Waals surface area contributed by atoms with Crippen molar-refractivity contribution in [3.05, 3.63) is 17.7 Å². The molecule has 7 nitrogen and oxygen atoms in total. The van der Waals surface area contributed by atoms with Crippen molar-refractivity contribution in [2.45, 2.75) is 6.42 Å². The van der Waals surface area contributed by atoms with Crippen LogP contribution < -0.4 is 20.5 Å². The summed E-state index contributed by atoms with van der Waals surface area (Å²) >= 11 is 0. The number of nitrogens with two attached hydrogens (primary N) is 1. The van der Waals surface area contributed by atoms with Crippen LogP contribution in [0.1, 0.15) is 16.8 Å². The summed E-state index contributed by atoms with van der Waals surface area (Å²) in [4.78, 5) is 23.2. The number of halogens is 1. The average Bonchev–Trinajstić information content (AvgIpc) is 2.45. The molecule has 0 heterocycles. The van der Waals surface area contributed by atoms with Crippen molar-refractivity contribution in [2.75, 3.05) is 33.2 Å². The number of esters is 1. The molecule has 0 spiro atoms. The summed E-state index contributed by atoms with van der Waals surface area (Å²) in [5.74, 6) is -0.181. The van der Waals surface area contributed by atoms with Crippen molar-refractivity contribution < 1.29 is 23.8 Å². The Kier molecular flexibility index (Phi) is 8.18. The van der Waals surface area contributed by atoms with Crippen LogP contribution >= 0.6 is 12.4 Å². The zero-order chi connectivity index (χ0) is 15.1. The second-order valence-corrected chi connectivity index (χ2v) is 3.84. The zero-order valence-electron chi connectivity index (χ0n) is 12.1. The van der Waals surface area contributed by atoms with Gasteiger partial charge >= 0.3 is 5.97 Å². The molecule has 0 saturated heterocycles. The summed E-state index contributed by atoms with van der Waals surface area (Å²) < 4.78 is 15.0. The van der Waals surface area contributed by atoms with Gasteiger partial charge in [-0.05, 0) is 12.1 Å². The summed E-state index contributed by atoms with van der Waals surface area (Å²) in [6, 6.07) is 2.94. The number of carbonyl (C=O) groups excluding carboxylic acids is 2. The number of ether oxygens (including phenoxy) is 3. The monoisotopic (exact) mass is 318 g/mol. The quantitative estimate of drug-likeness (QED) is 0.764. The largest absolute Gasteiger partial charge is 0.493 e. The Hall–Kier alpha value is -1.99. The van der Waals surface area contributed by atoms with E-state index in [-0.39, 0.29) is 36.8 Å². The molecule has 8 heteroatoms. The second kappa shape index (κ2) is 9.04. The Morgan fingerprint density at radius 2 is 1.86 bits per heavy atom. The molecule has 0 atom stereocenters. The number of hydrogen-bond donors (Lipinski definition) is 2. The molecule has 0 fully saturated rings. The summed E-state index contributed by atoms with van der Waals surface area (Å²) in [5, 5.41) is 2.62. The average molecular weight is 319 g/mol. The maximum Gasteiger partial charge on any atom is 0.338 e. The first kappa shape index (κ1) is 19.0. The standard InChI is InChI=1S/C13H18N2O5.ClH/c1-18-10-7-8(13(17)20-3)6-9(12(10)19-2)15-11(16)4-5-14;/h6-7H,4-5,14H2,1-3H3,(H,15,16);1H. The molecule has 0 aliphatic carbocycles. The molecule has 1 rings (SSSR count). The van der Waals surface area contributed by atoms with E-state index >= 15 is 0 Å². The fraction of sp³-hybridized carbons (Fsp3) is 0.385. The van der Waals surface area contributed by atoms with Crippen molar-refractivity contribution in [2.24, 2.45) is 5.73 Å². The molecule has 0 aromatic heterocycles. The van der Waals surface area contributed by atoms with E-state index in [0.717, 1.165) is 0 Å². The van der Waals surface area contributed by atoms with E-state index < -0.39 is 5.97 Å². The van der Waals surface area contributed by atoms with Crippen LogP contribution in [-0.2, 0) is 9.53 Å². The summed E-state index contributed by atoms with van der Waals surface area (Å²) in [6.45, 7) is 0.224. The topological polar surface area (TPSA) is 99.9 Å². The normalized spacial score (nSPS) is 9.33. The van der Waals surface area contributed by atoms with Crippen LogP contribution in [0.5, 0.6) is 11.5 Å². The van der Waals surface area contributed by atoms with Crippen LogP contribution in [0.4, 0.5) is 5.69 Å². The third kappa shape index (κ3) is 4.80. The van der Waals surface area contributed by atoms with Gasteiger partial charge < -0.3 is 25.3 Å². The third-order valence-electron chi connectivity index (χ3n) is 2.55. The molecule has 118 valence electrons. The first-order chi connectivity index (χ1) is 9.57. The lowest BCUT2D eigenvalue weighted by atomic mass is 10.1. The van der Waals surface area contributed by atoms with E-state index in [0.29, 0.717) is 17.2 Å². The zero-order valence-corrected chi connectivity index (χ0v) is 12.9. The molecule has 0 unspecified atom stereocenters. The number of carbonyl (C=O) groups is 2. The first-order valence-corrected chi connectivity index (χ1v) is 5.91. The van der Waals surface area contributed by atoms with E-state index in [2.05, 4.69) is 10.1 Å². The molecule has 3 N–H and O–H groups in total. The molecule has 0 radical (unpaired) electrons. The van der Waals surface area contributed by atoms with Crippen LogP contribution in [0, 0.1) is 0 Å². The van der Waals surface area contributed by atoms with Crippen LogP contribution in [-0.4, -0.2) is 39.8 Å². The Balaban J connectivity index is 0.00000400. The summed E-state index contributed by atoms with van der Waals surface area (Å²) in [5.41, 5.74) is 5.89. The molecule has 0 aliphatic heterocycles. The number of nitrogens with one attached hydrogen (secondary N) is 1. The lowest BCUT2D eigenvalue weighted by molar-refractivity contribution is -0.116. The Morgan fingerprint density at radius 1 is 1.19 bits per heavy atom. The maximum absolute atomic E-state index is 11.6. The fourth-order valence-corrected chi connectivity index (χ4v) is 1.64. The minimum absolute atomic E-state index is 0. The van der Waals surface area contributed by atoms with Gasteiger partial charge in [0.15, 0.2) is 11.5 Å². The predicted molar refractivity (Wildman–Crippen MR) is 80.4 cm³/mol. The van der Waals surface area contributed by atoms with Gasteiger partial charge in [-0.3, -0.25) is 4.79 Å². The number of rotatable bonds is 6. The van der Waals surface area contributed by atoms with Crippen LogP contribution in [0.25, 0.3) is 0 Å². The summed E-state index contributed by atoms with van der Waals surface area (Å²) in [6.07, 6.45) is 0.161. The van der Waals surface area contributed by atoms with Crippen LogP contribution in [0.2, 0.25) is 0 Å². The highest BCUT2D eigenvalue weighted by Crippen LogP contribution is 2.36. The predicted octanol–water partition coefficient (Wildman–Crippen LogP) is 1.20. The van der Waals surface area contributed by atoms with Crippen molar-refractivity contribution >= 4 is 30.0 Å². The number of hydrogen-bond acceptors (Lipinski definition) is 6. The highest BCUT2D eigenvalue weighted by molar-refractivity contribution is 5.97. The number of benzene rings is 1. The third-order valence-corrected chi connectivity index (χ3v) is 2.55. The maximum atomic E-state index is 11.6. The lowest BCUT2D eigenvalue weighted by Gasteiger charge is -2.15. The number of amides is 1. The fourth-order valence-electron chi connectivity index (χ4n) is 1.64. The van der Waals surface area contributed by atoms with Gasteiger partial charge in [-0.1, -0.05) is 0 Å². The van der Waals surface area contributed by atoms with Crippen molar-refractivity contribution in [3.63, 3.8) is 0 Å². The van der Waals surface area contributed by atoms with Gasteiger partial charge in [-0.15, -0.1) is 12.4 Å². The van der Waals surface area contributed by atoms with Crippen molar-refractivity contribution in [1.29, 1.82) is 0 Å². The SMILES string of the molecule is COC(=O)c1cc(NC(=O)CCN)c(OC)c(OC)c1.Cl. The molecule has 21 heavy (non-hydrogen) atoms. The van der Waals surface area contributed by atoms with Gasteiger partial charge in [0, 0.05) is 13.0 Å². The van der Waals surface area contributed by atoms with Gasteiger partial charge in [-0.25, -0.2) is 4.79 Å². The minimum Gasteiger partial charge on any atom is -0.493 e. The molecule has 0 bridgehead atoms. The first-order valence-electron chi connectivity index (χ1n) is 5.91. The smallest absolute Gasteiger partial charge is 0.338 e. The molecule has 0 saturated carbocycles. The van der Waals surface area contributed by atoms with E-state index in [1.165, 1.54) is 33.5 Å². The molecule has 1 aromatic carbocycles. The summed E-state index contributed by atoms with van der Waals surface area (Å²) in [7, 11) is 4.14. The number of anilines is 1. The van der Waals surface area contributed by atoms with Gasteiger partial charge in [0.2, 0.25) is 5.91 Å². The Morgan fingerprint density at radius 3 is 2.33 bits per heavy atom. The molecule has 1 amide bonds. The minimum atomic E-state index is -0.541. The Labute approximate surface area is 129 Å². The van der Waals surface area contributed by atoms with Gasteiger partial charge in [-0.2, -0.15) is 0 Å². The van der Waals surface area contributed by atoms with E-state index in [4.69, 9.17) is 15.2 Å². The highest BCUT2D eigenvalue weighted by atomic mass is 35.5. The van der Waals surface area contributed by atoms with Gasteiger partial charge in [0.25, 0.3) is 0 Å². The molecule has 0 aliphatic rings. The molecular weight excluding hydrogens is 300 g/mol. The number of methoxy groups -OCH3 is 3. The molecular formula is C13H19ClN2O5. The lowest BCUT2D eigenvalue weighted by Crippen LogP contribution is -2.17. The highest BCUT2D eigenvalue weighted by Gasteiger charge is 2.18. The Bertz CT molecular complexity index is 508. The van der Waals surface area contributed by atoms with Crippen molar-refractivity contribution in [3.8, 4) is 11.5 Å². The van der Waals surface area contributed by atoms with Crippen LogP contribution in [0.15, 0.2) is 12.1 Å². The molecule has 1 aromatic rings. The van der Waals surface area contributed by atoms with E-state index in [9.17, 15) is 9.59 Å². The van der Waals surface area contributed by atoms with E-state index in [1.807, 2.05) is 0 Å². The van der Waals surface area contributed by atoms with Crippen LogP contribution in [0.3, 0.4) is 0 Å².